The first-order valence-corrected chi connectivity index (χ1v) is 10.3. The van der Waals surface area contributed by atoms with E-state index in [0.717, 1.165) is 36.4 Å². The Kier molecular flexibility index (Phi) is 6.75. The zero-order valence-electron chi connectivity index (χ0n) is 16.8. The second-order valence-corrected chi connectivity index (χ2v) is 7.79. The monoisotopic (exact) mass is 490 g/mol. The first-order valence-electron chi connectivity index (χ1n) is 9.17. The number of rotatable bonds is 6. The van der Waals surface area contributed by atoms with Crippen LogP contribution >= 0.6 is 0 Å². The van der Waals surface area contributed by atoms with E-state index >= 15 is 0 Å². The van der Waals surface area contributed by atoms with Crippen LogP contribution < -0.4 is 9.47 Å². The minimum absolute atomic E-state index is 0.0235. The highest BCUT2D eigenvalue weighted by Gasteiger charge is 2.72. The molecular formula is C22H16F6O4S. The van der Waals surface area contributed by atoms with Crippen molar-refractivity contribution in [2.45, 2.75) is 22.7 Å². The summed E-state index contributed by atoms with van der Waals surface area (Å²) in [6.07, 6.45) is -11.4. The maximum atomic E-state index is 14.1. The van der Waals surface area contributed by atoms with Crippen molar-refractivity contribution in [3.63, 3.8) is 0 Å². The molecule has 1 unspecified atom stereocenters. The van der Waals surface area contributed by atoms with Gasteiger partial charge in [-0.3, -0.25) is 0 Å². The Hall–Kier alpha value is -3.05. The smallest absolute Gasteiger partial charge is 0.411 e. The van der Waals surface area contributed by atoms with Crippen LogP contribution in [0.15, 0.2) is 77.7 Å². The molecular weight excluding hydrogens is 474 g/mol. The second-order valence-electron chi connectivity index (χ2n) is 6.82. The fourth-order valence-corrected chi connectivity index (χ4v) is 3.73. The van der Waals surface area contributed by atoms with E-state index < -0.39 is 40.0 Å². The van der Waals surface area contributed by atoms with Gasteiger partial charge >= 0.3 is 12.4 Å². The van der Waals surface area contributed by atoms with Crippen LogP contribution in [0.3, 0.4) is 0 Å². The Labute approximate surface area is 187 Å². The zero-order valence-corrected chi connectivity index (χ0v) is 17.6. The minimum atomic E-state index is -5.71. The first-order chi connectivity index (χ1) is 15.4. The molecule has 4 nitrogen and oxygen atoms in total. The summed E-state index contributed by atoms with van der Waals surface area (Å²) < 4.78 is 115. The van der Waals surface area contributed by atoms with Crippen molar-refractivity contribution in [3.05, 3.63) is 83.9 Å². The lowest BCUT2D eigenvalue weighted by atomic mass is 9.73. The number of methoxy groups -OCH3 is 1. The van der Waals surface area contributed by atoms with E-state index in [9.17, 15) is 30.6 Å². The average molecular weight is 490 g/mol. The predicted molar refractivity (Wildman–Crippen MR) is 108 cm³/mol. The van der Waals surface area contributed by atoms with Crippen LogP contribution in [0.5, 0.6) is 17.2 Å². The topological polar surface area (TPSA) is 55.8 Å². The fourth-order valence-electron chi connectivity index (χ4n) is 3.36. The van der Waals surface area contributed by atoms with Gasteiger partial charge < -0.3 is 14.0 Å². The van der Waals surface area contributed by atoms with Crippen LogP contribution in [0.2, 0.25) is 0 Å². The lowest BCUT2D eigenvalue weighted by Crippen LogP contribution is -2.54. The summed E-state index contributed by atoms with van der Waals surface area (Å²) in [5, 5.41) is 0. The Bertz CT molecular complexity index is 1090. The maximum absolute atomic E-state index is 14.1. The second kappa shape index (κ2) is 9.06. The van der Waals surface area contributed by atoms with Crippen molar-refractivity contribution in [1.29, 1.82) is 0 Å². The summed E-state index contributed by atoms with van der Waals surface area (Å²) in [5.41, 5.74) is -6.33. The van der Waals surface area contributed by atoms with E-state index in [4.69, 9.17) is 14.0 Å². The summed E-state index contributed by atoms with van der Waals surface area (Å²) in [5.74, 6) is 0.256. The Balaban J connectivity index is 2.04. The summed E-state index contributed by atoms with van der Waals surface area (Å²) >= 11 is -2.21. The van der Waals surface area contributed by atoms with Gasteiger partial charge in [-0.2, -0.15) is 26.3 Å². The molecule has 0 radical (unpaired) electrons. The maximum Gasteiger partial charge on any atom is 0.411 e. The molecule has 0 bridgehead atoms. The summed E-state index contributed by atoms with van der Waals surface area (Å²) in [6, 6.07) is 12.2. The van der Waals surface area contributed by atoms with Gasteiger partial charge in [-0.05, 0) is 59.7 Å². The van der Waals surface area contributed by atoms with E-state index in [1.54, 1.807) is 0 Å². The molecule has 0 aliphatic heterocycles. The number of hydrogen-bond acceptors (Lipinski definition) is 3. The normalized spacial score (nSPS) is 13.5. The van der Waals surface area contributed by atoms with Gasteiger partial charge in [-0.1, -0.05) is 24.3 Å². The molecule has 3 rings (SSSR count). The Morgan fingerprint density at radius 2 is 1.03 bits per heavy atom. The molecule has 1 atom stereocenters. The molecule has 0 aromatic heterocycles. The van der Waals surface area contributed by atoms with Crippen LogP contribution in [-0.2, 0) is 16.5 Å². The number of hydrogen-bond donors (Lipinski definition) is 1. The van der Waals surface area contributed by atoms with Gasteiger partial charge in [0.15, 0.2) is 11.1 Å². The quantitative estimate of drug-likeness (QED) is 0.318. The Morgan fingerprint density at radius 1 is 0.667 bits per heavy atom. The van der Waals surface area contributed by atoms with Crippen molar-refractivity contribution in [2.24, 2.45) is 0 Å². The van der Waals surface area contributed by atoms with Crippen molar-refractivity contribution in [3.8, 4) is 17.2 Å². The molecule has 1 N–H and O–H groups in total. The molecule has 0 saturated carbocycles. The summed E-state index contributed by atoms with van der Waals surface area (Å²) in [7, 11) is 1.24. The van der Waals surface area contributed by atoms with Gasteiger partial charge in [-0.25, -0.2) is 4.21 Å². The number of alkyl halides is 6. The molecule has 0 aliphatic rings. The molecule has 0 amide bonds. The van der Waals surface area contributed by atoms with Crippen LogP contribution in [-0.4, -0.2) is 28.2 Å². The van der Waals surface area contributed by atoms with Gasteiger partial charge in [0, 0.05) is 0 Å². The van der Waals surface area contributed by atoms with Crippen LogP contribution in [0.1, 0.15) is 11.1 Å². The number of ether oxygens (including phenoxy) is 2. The van der Waals surface area contributed by atoms with Crippen molar-refractivity contribution >= 4 is 11.1 Å². The zero-order chi connectivity index (χ0) is 24.4. The van der Waals surface area contributed by atoms with Crippen molar-refractivity contribution in [1.82, 2.24) is 0 Å². The molecule has 33 heavy (non-hydrogen) atoms. The molecule has 0 spiro atoms. The van der Waals surface area contributed by atoms with Crippen LogP contribution in [0.4, 0.5) is 26.3 Å². The molecule has 0 saturated heterocycles. The molecule has 0 fully saturated rings. The highest BCUT2D eigenvalue weighted by atomic mass is 32.2. The third kappa shape index (κ3) is 4.69. The number of benzene rings is 3. The SMILES string of the molecule is COc1ccc(C(c2ccc(Oc3ccc(S(=O)O)cc3)cc2)(C(F)(F)F)C(F)(F)F)cc1. The lowest BCUT2D eigenvalue weighted by molar-refractivity contribution is -0.288. The molecule has 11 heteroatoms. The largest absolute Gasteiger partial charge is 0.497 e. The van der Waals surface area contributed by atoms with Gasteiger partial charge in [0.2, 0.25) is 5.41 Å². The van der Waals surface area contributed by atoms with E-state index in [1.807, 2.05) is 0 Å². The van der Waals surface area contributed by atoms with E-state index in [-0.39, 0.29) is 22.1 Å². The molecule has 3 aromatic rings. The molecule has 3 aromatic carbocycles. The lowest BCUT2D eigenvalue weighted by Gasteiger charge is -2.38. The van der Waals surface area contributed by atoms with E-state index in [2.05, 4.69) is 0 Å². The first kappa shape index (κ1) is 24.6. The van der Waals surface area contributed by atoms with E-state index in [1.165, 1.54) is 31.4 Å². The van der Waals surface area contributed by atoms with Crippen LogP contribution in [0.25, 0.3) is 0 Å². The Morgan fingerprint density at radius 3 is 1.36 bits per heavy atom. The predicted octanol–water partition coefficient (Wildman–Crippen LogP) is 6.48. The molecule has 176 valence electrons. The number of halogens is 6. The third-order valence-corrected chi connectivity index (χ3v) is 5.60. The highest BCUT2D eigenvalue weighted by molar-refractivity contribution is 7.79. The van der Waals surface area contributed by atoms with Crippen LogP contribution in [0, 0.1) is 0 Å². The van der Waals surface area contributed by atoms with Crippen molar-refractivity contribution < 1.29 is 44.6 Å². The summed E-state index contributed by atoms with van der Waals surface area (Å²) in [6.45, 7) is 0. The van der Waals surface area contributed by atoms with Gasteiger partial charge in [-0.15, -0.1) is 0 Å². The highest BCUT2D eigenvalue weighted by Crippen LogP contribution is 2.56. The van der Waals surface area contributed by atoms with Gasteiger partial charge in [0.1, 0.15) is 17.2 Å². The van der Waals surface area contributed by atoms with Gasteiger partial charge in [0.25, 0.3) is 0 Å². The standard InChI is InChI=1S/C22H16F6O4S/c1-31-16-6-2-14(3-7-16)20(21(23,24)25,22(26,27)28)15-4-8-17(9-5-15)32-18-10-12-19(13-11-18)33(29)30/h2-13H,1H3,(H,29,30). The van der Waals surface area contributed by atoms with Gasteiger partial charge in [0.05, 0.1) is 12.0 Å². The third-order valence-electron chi connectivity index (χ3n) is 4.92. The minimum Gasteiger partial charge on any atom is -0.497 e. The van der Waals surface area contributed by atoms with Crippen molar-refractivity contribution in [2.75, 3.05) is 7.11 Å². The average Bonchev–Trinajstić information content (AvgIpc) is 2.74. The molecule has 0 aliphatic carbocycles. The fraction of sp³-hybridized carbons (Fsp3) is 0.182. The van der Waals surface area contributed by atoms with E-state index in [0.29, 0.717) is 12.1 Å². The summed E-state index contributed by atoms with van der Waals surface area (Å²) in [4.78, 5) is 0.0947. The molecule has 0 heterocycles.